The van der Waals surface area contributed by atoms with E-state index >= 15 is 0 Å². The van der Waals surface area contributed by atoms with Crippen molar-refractivity contribution >= 4 is 23.5 Å². The van der Waals surface area contributed by atoms with Crippen molar-refractivity contribution in [2.24, 2.45) is 0 Å². The van der Waals surface area contributed by atoms with Gasteiger partial charge in [0.15, 0.2) is 0 Å². The number of rotatable bonds is 4. The van der Waals surface area contributed by atoms with Crippen LogP contribution in [0.4, 0.5) is 13.2 Å². The van der Waals surface area contributed by atoms with Gasteiger partial charge in [-0.05, 0) is 55.9 Å². The number of halogens is 3. The average Bonchev–Trinajstić information content (AvgIpc) is 2.61. The van der Waals surface area contributed by atoms with Gasteiger partial charge in [0.2, 0.25) is 0 Å². The van der Waals surface area contributed by atoms with Gasteiger partial charge in [-0.3, -0.25) is 0 Å². The molecule has 140 valence electrons. The van der Waals surface area contributed by atoms with Gasteiger partial charge in [0.05, 0.1) is 11.1 Å². The van der Waals surface area contributed by atoms with E-state index in [9.17, 15) is 13.2 Å². The number of benzene rings is 1. The molecule has 7 heteroatoms. The third-order valence-electron chi connectivity index (χ3n) is 4.42. The second kappa shape index (κ2) is 7.82. The third kappa shape index (κ3) is 4.75. The van der Waals surface area contributed by atoms with E-state index in [1.54, 1.807) is 17.8 Å². The van der Waals surface area contributed by atoms with E-state index in [4.69, 9.17) is 4.74 Å². The predicted molar refractivity (Wildman–Crippen MR) is 99.7 cm³/mol. The molecule has 1 aliphatic heterocycles. The molecule has 1 saturated heterocycles. The highest BCUT2D eigenvalue weighted by Crippen LogP contribution is 2.45. The smallest absolute Gasteiger partial charge is 0.373 e. The minimum absolute atomic E-state index is 0.0528. The van der Waals surface area contributed by atoms with Crippen molar-refractivity contribution in [1.82, 2.24) is 4.98 Å². The van der Waals surface area contributed by atoms with Crippen LogP contribution in [0.25, 0.3) is 0 Å². The topological polar surface area (TPSA) is 22.1 Å². The summed E-state index contributed by atoms with van der Waals surface area (Å²) in [5.74, 6) is 0. The van der Waals surface area contributed by atoms with Crippen LogP contribution in [0.5, 0.6) is 0 Å². The first-order chi connectivity index (χ1) is 12.3. The molecule has 0 aliphatic carbocycles. The summed E-state index contributed by atoms with van der Waals surface area (Å²) < 4.78 is 44.4. The van der Waals surface area contributed by atoms with Gasteiger partial charge in [0, 0.05) is 16.2 Å². The van der Waals surface area contributed by atoms with E-state index in [0.29, 0.717) is 11.6 Å². The number of hydrogen-bond acceptors (Lipinski definition) is 4. The van der Waals surface area contributed by atoms with Crippen LogP contribution in [0.1, 0.15) is 37.1 Å². The highest BCUT2D eigenvalue weighted by Gasteiger charge is 2.36. The minimum Gasteiger partial charge on any atom is -0.373 e. The average molecular weight is 400 g/mol. The van der Waals surface area contributed by atoms with Gasteiger partial charge >= 0.3 is 6.18 Å². The Morgan fingerprint density at radius 3 is 2.54 bits per heavy atom. The fourth-order valence-electron chi connectivity index (χ4n) is 2.98. The zero-order valence-electron chi connectivity index (χ0n) is 14.5. The molecule has 2 unspecified atom stereocenters. The summed E-state index contributed by atoms with van der Waals surface area (Å²) in [4.78, 5) is 4.99. The van der Waals surface area contributed by atoms with Crippen LogP contribution in [0, 0.1) is 0 Å². The molecule has 0 bridgehead atoms. The third-order valence-corrected chi connectivity index (χ3v) is 6.46. The summed E-state index contributed by atoms with van der Waals surface area (Å²) in [6, 6.07) is 12.3. The number of aromatic nitrogens is 1. The van der Waals surface area contributed by atoms with E-state index in [2.05, 4.69) is 36.2 Å². The Hall–Kier alpha value is -1.18. The van der Waals surface area contributed by atoms with Crippen LogP contribution in [0.15, 0.2) is 52.4 Å². The Bertz CT molecular complexity index is 751. The minimum atomic E-state index is -4.42. The Kier molecular flexibility index (Phi) is 5.89. The first-order valence-electron chi connectivity index (χ1n) is 8.28. The maximum Gasteiger partial charge on any atom is 0.433 e. The van der Waals surface area contributed by atoms with E-state index in [1.165, 1.54) is 22.7 Å². The van der Waals surface area contributed by atoms with Crippen molar-refractivity contribution < 1.29 is 17.9 Å². The summed E-state index contributed by atoms with van der Waals surface area (Å²) in [5, 5.41) is 0.403. The second-order valence-corrected chi connectivity index (χ2v) is 8.99. The van der Waals surface area contributed by atoms with Gasteiger partial charge < -0.3 is 4.74 Å². The second-order valence-electron chi connectivity index (χ2n) is 6.50. The predicted octanol–water partition coefficient (Wildman–Crippen LogP) is 6.22. The monoisotopic (exact) mass is 399 g/mol. The maximum atomic E-state index is 12.9. The first-order valence-corrected chi connectivity index (χ1v) is 10.3. The Morgan fingerprint density at radius 1 is 1.15 bits per heavy atom. The Labute approximate surface area is 159 Å². The number of ether oxygens (including phenoxy) is 1. The zero-order valence-corrected chi connectivity index (χ0v) is 16.2. The van der Waals surface area contributed by atoms with E-state index in [1.807, 2.05) is 6.26 Å². The number of alkyl halides is 3. The van der Waals surface area contributed by atoms with Crippen molar-refractivity contribution in [3.05, 3.63) is 53.7 Å². The molecule has 1 aromatic heterocycles. The van der Waals surface area contributed by atoms with Crippen LogP contribution >= 0.6 is 23.5 Å². The lowest BCUT2D eigenvalue weighted by Crippen LogP contribution is -2.32. The number of thioether (sulfide) groups is 2. The summed E-state index contributed by atoms with van der Waals surface area (Å²) in [5.41, 5.74) is 0.258. The highest BCUT2D eigenvalue weighted by molar-refractivity contribution is 8.00. The van der Waals surface area contributed by atoms with E-state index in [-0.39, 0.29) is 10.9 Å². The molecule has 0 radical (unpaired) electrons. The van der Waals surface area contributed by atoms with E-state index in [0.717, 1.165) is 24.5 Å². The molecule has 1 fully saturated rings. The molecule has 2 nitrogen and oxygen atoms in total. The van der Waals surface area contributed by atoms with Crippen LogP contribution in [0.2, 0.25) is 0 Å². The standard InChI is InChI=1S/C19H20F3NOS2/c1-18(26-17-5-3-4-16(23-17)19(20,21)22)10-11-24-15(12-18)13-6-8-14(25-2)9-7-13/h3-9,15H,10-12H2,1-2H3. The highest BCUT2D eigenvalue weighted by atomic mass is 32.2. The number of pyridine rings is 1. The Balaban J connectivity index is 1.75. The fraction of sp³-hybridized carbons (Fsp3) is 0.421. The summed E-state index contributed by atoms with van der Waals surface area (Å²) in [6.07, 6.45) is -0.942. The molecule has 1 aromatic carbocycles. The van der Waals surface area contributed by atoms with Gasteiger partial charge in [-0.1, -0.05) is 30.0 Å². The van der Waals surface area contributed by atoms with Crippen LogP contribution < -0.4 is 0 Å². The van der Waals surface area contributed by atoms with Crippen LogP contribution in [0.3, 0.4) is 0 Å². The van der Waals surface area contributed by atoms with Crippen LogP contribution in [-0.2, 0) is 10.9 Å². The normalized spacial score (nSPS) is 23.8. The van der Waals surface area contributed by atoms with Crippen molar-refractivity contribution in [2.75, 3.05) is 12.9 Å². The van der Waals surface area contributed by atoms with Crippen molar-refractivity contribution in [3.63, 3.8) is 0 Å². The largest absolute Gasteiger partial charge is 0.433 e. The molecule has 2 atom stereocenters. The SMILES string of the molecule is CSc1ccc(C2CC(C)(Sc3cccc(C(F)(F)F)n3)CCO2)cc1. The lowest BCUT2D eigenvalue weighted by atomic mass is 9.92. The van der Waals surface area contributed by atoms with Gasteiger partial charge in [0.25, 0.3) is 0 Å². The number of nitrogens with zero attached hydrogens (tertiary/aromatic N) is 1. The molecule has 0 amide bonds. The Morgan fingerprint density at radius 2 is 1.88 bits per heavy atom. The summed E-state index contributed by atoms with van der Waals surface area (Å²) in [6.45, 7) is 2.66. The van der Waals surface area contributed by atoms with Crippen molar-refractivity contribution in [3.8, 4) is 0 Å². The molecular formula is C19H20F3NOS2. The lowest BCUT2D eigenvalue weighted by Gasteiger charge is -2.37. The van der Waals surface area contributed by atoms with Crippen LogP contribution in [-0.4, -0.2) is 22.6 Å². The molecule has 1 aliphatic rings. The summed E-state index contributed by atoms with van der Waals surface area (Å²) in [7, 11) is 0. The maximum absolute atomic E-state index is 12.9. The molecule has 0 N–H and O–H groups in total. The lowest BCUT2D eigenvalue weighted by molar-refractivity contribution is -0.141. The van der Waals surface area contributed by atoms with Gasteiger partial charge in [0.1, 0.15) is 5.69 Å². The van der Waals surface area contributed by atoms with Crippen molar-refractivity contribution in [1.29, 1.82) is 0 Å². The molecule has 3 rings (SSSR count). The van der Waals surface area contributed by atoms with E-state index < -0.39 is 11.9 Å². The van der Waals surface area contributed by atoms with Gasteiger partial charge in [-0.15, -0.1) is 11.8 Å². The van der Waals surface area contributed by atoms with Gasteiger partial charge in [-0.2, -0.15) is 13.2 Å². The molecule has 26 heavy (non-hydrogen) atoms. The van der Waals surface area contributed by atoms with Crippen molar-refractivity contribution in [2.45, 2.75) is 46.7 Å². The quantitative estimate of drug-likeness (QED) is 0.569. The first kappa shape index (κ1) is 19.6. The number of hydrogen-bond donors (Lipinski definition) is 0. The molecule has 2 heterocycles. The van der Waals surface area contributed by atoms with Gasteiger partial charge in [-0.25, -0.2) is 4.98 Å². The zero-order chi connectivity index (χ0) is 18.8. The molecular weight excluding hydrogens is 379 g/mol. The summed E-state index contributed by atoms with van der Waals surface area (Å²) >= 11 is 3.09. The molecule has 0 spiro atoms. The fourth-order valence-corrected chi connectivity index (χ4v) is 4.60. The molecule has 2 aromatic rings. The molecule has 0 saturated carbocycles.